The molecule has 0 bridgehead atoms. The molecule has 108 valence electrons. The van der Waals surface area contributed by atoms with Crippen molar-refractivity contribution in [2.45, 2.75) is 25.4 Å². The maximum absolute atomic E-state index is 12.8. The first-order valence-electron chi connectivity index (χ1n) is 5.68. The second-order valence-corrected chi connectivity index (χ2v) is 4.16. The lowest BCUT2D eigenvalue weighted by Crippen LogP contribution is -2.13. The second kappa shape index (κ2) is 6.62. The molecular weight excluding hydrogens is 295 g/mol. The fourth-order valence-electron chi connectivity index (χ4n) is 1.67. The number of hydrogen-bond donors (Lipinski definition) is 0. The van der Waals surface area contributed by atoms with Crippen molar-refractivity contribution < 1.29 is 22.7 Å². The van der Waals surface area contributed by atoms with Crippen LogP contribution in [0.5, 0.6) is 0 Å². The van der Waals surface area contributed by atoms with E-state index < -0.39 is 23.3 Å². The van der Waals surface area contributed by atoms with Crippen LogP contribution in [0.1, 0.15) is 29.2 Å². The predicted molar refractivity (Wildman–Crippen MR) is 66.1 cm³/mol. The molecule has 1 rings (SSSR count). The average Bonchev–Trinajstić information content (AvgIpc) is 2.37. The lowest BCUT2D eigenvalue weighted by molar-refractivity contribution is -0.142. The summed E-state index contributed by atoms with van der Waals surface area (Å²) in [6.07, 6.45) is -4.86. The molecule has 1 aromatic rings. The highest BCUT2D eigenvalue weighted by Crippen LogP contribution is 2.34. The zero-order chi connectivity index (χ0) is 15.3. The summed E-state index contributed by atoms with van der Waals surface area (Å²) in [6.45, 7) is 1.79. The largest absolute Gasteiger partial charge is 0.466 e. The summed E-state index contributed by atoms with van der Waals surface area (Å²) in [6, 6.07) is 3.33. The Morgan fingerprint density at radius 3 is 2.50 bits per heavy atom. The first-order valence-corrected chi connectivity index (χ1v) is 6.21. The van der Waals surface area contributed by atoms with E-state index in [1.807, 2.05) is 0 Å². The minimum absolute atomic E-state index is 0.158. The Balaban J connectivity index is 3.27. The van der Waals surface area contributed by atoms with Gasteiger partial charge in [-0.25, -0.2) is 0 Å². The number of carbonyl (C=O) groups is 1. The molecule has 20 heavy (non-hydrogen) atoms. The first kappa shape index (κ1) is 16.3. The van der Waals surface area contributed by atoms with Gasteiger partial charge in [0.15, 0.2) is 0 Å². The van der Waals surface area contributed by atoms with Gasteiger partial charge in [-0.1, -0.05) is 0 Å². The molecule has 0 amide bonds. The molecule has 0 aromatic heterocycles. The van der Waals surface area contributed by atoms with Crippen molar-refractivity contribution in [2.24, 2.45) is 0 Å². The van der Waals surface area contributed by atoms with Crippen molar-refractivity contribution in [3.63, 3.8) is 0 Å². The lowest BCUT2D eigenvalue weighted by Gasteiger charge is -2.13. The molecule has 0 spiro atoms. The lowest BCUT2D eigenvalue weighted by atomic mass is 9.97. The van der Waals surface area contributed by atoms with Gasteiger partial charge in [0.2, 0.25) is 0 Å². The fraction of sp³-hybridized carbons (Fsp3) is 0.385. The van der Waals surface area contributed by atoms with Crippen LogP contribution in [0.3, 0.4) is 0 Å². The number of ether oxygens (including phenoxy) is 1. The quantitative estimate of drug-likeness (QED) is 0.632. The van der Waals surface area contributed by atoms with Crippen molar-refractivity contribution in [2.75, 3.05) is 6.61 Å². The molecule has 0 atom stereocenters. The van der Waals surface area contributed by atoms with Gasteiger partial charge in [-0.05, 0) is 30.2 Å². The van der Waals surface area contributed by atoms with Crippen LogP contribution in [0, 0.1) is 11.3 Å². The molecule has 0 unspecified atom stereocenters. The van der Waals surface area contributed by atoms with Gasteiger partial charge >= 0.3 is 12.1 Å². The maximum Gasteiger partial charge on any atom is 0.417 e. The van der Waals surface area contributed by atoms with Crippen LogP contribution in [0.15, 0.2) is 12.1 Å². The minimum Gasteiger partial charge on any atom is -0.466 e. The highest BCUT2D eigenvalue weighted by atomic mass is 35.5. The van der Waals surface area contributed by atoms with E-state index in [-0.39, 0.29) is 30.0 Å². The molecule has 0 aliphatic heterocycles. The first-order chi connectivity index (χ1) is 9.33. The Hall–Kier alpha value is -1.74. The topological polar surface area (TPSA) is 50.1 Å². The number of halogens is 4. The number of nitriles is 1. The van der Waals surface area contributed by atoms with Crippen molar-refractivity contribution in [3.8, 4) is 6.07 Å². The molecule has 3 nitrogen and oxygen atoms in total. The zero-order valence-corrected chi connectivity index (χ0v) is 11.3. The van der Waals surface area contributed by atoms with Crippen LogP contribution >= 0.6 is 11.6 Å². The SMILES string of the molecule is CCOC(=O)Cc1cc(C#N)c(C(F)(F)F)cc1CCl. The smallest absolute Gasteiger partial charge is 0.417 e. The molecule has 0 radical (unpaired) electrons. The van der Waals surface area contributed by atoms with Gasteiger partial charge in [0.1, 0.15) is 0 Å². The van der Waals surface area contributed by atoms with Gasteiger partial charge in [0, 0.05) is 5.88 Å². The van der Waals surface area contributed by atoms with Crippen LogP contribution in [0.25, 0.3) is 0 Å². The van der Waals surface area contributed by atoms with Crippen molar-refractivity contribution in [1.82, 2.24) is 0 Å². The monoisotopic (exact) mass is 305 g/mol. The van der Waals surface area contributed by atoms with E-state index >= 15 is 0 Å². The Bertz CT molecular complexity index is 550. The molecule has 0 heterocycles. The average molecular weight is 306 g/mol. The number of hydrogen-bond acceptors (Lipinski definition) is 3. The molecule has 0 aliphatic carbocycles. The third kappa shape index (κ3) is 3.87. The van der Waals surface area contributed by atoms with Gasteiger partial charge in [-0.2, -0.15) is 18.4 Å². The summed E-state index contributed by atoms with van der Waals surface area (Å²) in [5, 5.41) is 8.81. The molecular formula is C13H11ClF3NO2. The third-order valence-corrected chi connectivity index (χ3v) is 2.84. The van der Waals surface area contributed by atoms with E-state index in [0.717, 1.165) is 12.1 Å². The molecule has 7 heteroatoms. The van der Waals surface area contributed by atoms with Gasteiger partial charge < -0.3 is 4.74 Å². The number of benzene rings is 1. The maximum atomic E-state index is 12.8. The normalized spacial score (nSPS) is 11.0. The summed E-state index contributed by atoms with van der Waals surface area (Å²) in [5.41, 5.74) is -1.16. The van der Waals surface area contributed by atoms with Crippen molar-refractivity contribution >= 4 is 17.6 Å². The van der Waals surface area contributed by atoms with Crippen molar-refractivity contribution in [1.29, 1.82) is 5.26 Å². The highest BCUT2D eigenvalue weighted by Gasteiger charge is 2.34. The summed E-state index contributed by atoms with van der Waals surface area (Å²) in [7, 11) is 0. The van der Waals surface area contributed by atoms with E-state index in [0.29, 0.717) is 0 Å². The van der Waals surface area contributed by atoms with E-state index in [2.05, 4.69) is 0 Å². The number of rotatable bonds is 4. The van der Waals surface area contributed by atoms with E-state index in [1.165, 1.54) is 6.07 Å². The van der Waals surface area contributed by atoms with Crippen molar-refractivity contribution in [3.05, 3.63) is 34.4 Å². The van der Waals surface area contributed by atoms with Gasteiger partial charge in [0.05, 0.1) is 30.2 Å². The summed E-state index contributed by atoms with van der Waals surface area (Å²) in [4.78, 5) is 11.4. The van der Waals surface area contributed by atoms with Crippen LogP contribution in [-0.2, 0) is 28.0 Å². The van der Waals surface area contributed by atoms with Crippen LogP contribution in [0.2, 0.25) is 0 Å². The van der Waals surface area contributed by atoms with Crippen LogP contribution < -0.4 is 0 Å². The Labute approximate surface area is 118 Å². The summed E-state index contributed by atoms with van der Waals surface area (Å²) < 4.78 is 43.1. The molecule has 0 saturated carbocycles. The fourth-order valence-corrected chi connectivity index (χ4v) is 1.92. The number of carbonyl (C=O) groups excluding carboxylic acids is 1. The summed E-state index contributed by atoms with van der Waals surface area (Å²) in [5.74, 6) is -0.772. The molecule has 1 aromatic carbocycles. The van der Waals surface area contributed by atoms with Crippen LogP contribution in [0.4, 0.5) is 13.2 Å². The van der Waals surface area contributed by atoms with E-state index in [9.17, 15) is 18.0 Å². The molecule has 0 aliphatic rings. The molecule has 0 N–H and O–H groups in total. The minimum atomic E-state index is -4.64. The van der Waals surface area contributed by atoms with Gasteiger partial charge in [-0.15, -0.1) is 11.6 Å². The Morgan fingerprint density at radius 1 is 1.40 bits per heavy atom. The van der Waals surface area contributed by atoms with Crippen LogP contribution in [-0.4, -0.2) is 12.6 Å². The van der Waals surface area contributed by atoms with E-state index in [4.69, 9.17) is 21.6 Å². The molecule has 0 fully saturated rings. The van der Waals surface area contributed by atoms with Gasteiger partial charge in [-0.3, -0.25) is 4.79 Å². The highest BCUT2D eigenvalue weighted by molar-refractivity contribution is 6.17. The Kier molecular flexibility index (Phi) is 5.40. The third-order valence-electron chi connectivity index (χ3n) is 2.55. The van der Waals surface area contributed by atoms with E-state index in [1.54, 1.807) is 6.92 Å². The number of alkyl halides is 4. The second-order valence-electron chi connectivity index (χ2n) is 3.89. The predicted octanol–water partition coefficient (Wildman–Crippen LogP) is 3.42. The standard InChI is InChI=1S/C13H11ClF3NO2/c1-2-20-12(19)5-8-3-10(7-18)11(13(15,16)17)4-9(8)6-14/h3-4H,2,5-6H2,1H3. The number of esters is 1. The number of nitrogens with zero attached hydrogens (tertiary/aromatic N) is 1. The Morgan fingerprint density at radius 2 is 2.05 bits per heavy atom. The zero-order valence-electron chi connectivity index (χ0n) is 10.6. The van der Waals surface area contributed by atoms with Gasteiger partial charge in [0.25, 0.3) is 0 Å². The summed E-state index contributed by atoms with van der Waals surface area (Å²) >= 11 is 5.61. The molecule has 0 saturated heterocycles.